The zero-order valence-electron chi connectivity index (χ0n) is 13.4. The first-order chi connectivity index (χ1) is 12.1. The first-order valence-corrected chi connectivity index (χ1v) is 7.49. The molecule has 2 N–H and O–H groups in total. The van der Waals surface area contributed by atoms with E-state index in [1.54, 1.807) is 19.2 Å². The third-order valence-electron chi connectivity index (χ3n) is 3.69. The van der Waals surface area contributed by atoms with Crippen LogP contribution in [0.1, 0.15) is 17.4 Å². The molecule has 1 aromatic carbocycles. The van der Waals surface area contributed by atoms with E-state index in [9.17, 15) is 9.59 Å². The number of furan rings is 1. The number of hydrazine groups is 1. The molecule has 0 spiro atoms. The van der Waals surface area contributed by atoms with Gasteiger partial charge in [-0.25, -0.2) is 9.80 Å². The number of hydrogen-bond donors (Lipinski definition) is 2. The molecule has 0 aliphatic carbocycles. The number of carboxylic acids is 1. The summed E-state index contributed by atoms with van der Waals surface area (Å²) in [6, 6.07) is 10.3. The molecule has 1 aromatic heterocycles. The van der Waals surface area contributed by atoms with Crippen molar-refractivity contribution in [2.75, 3.05) is 7.11 Å². The van der Waals surface area contributed by atoms with E-state index in [1.807, 2.05) is 30.3 Å². The standard InChI is InChI=1S/C18H16N2O5/c1-24-13-6-4-12(5-7-13)14-11-15(16-3-2-10-25-16)20(19-14)17(21)8-9-18(22)23/h2-11,15,19H,1H3,(H,22,23)/t15-/m1/s1. The molecule has 0 radical (unpaired) electrons. The maximum atomic E-state index is 12.4. The molecule has 0 fully saturated rings. The number of nitrogens with zero attached hydrogens (tertiary/aromatic N) is 1. The molecular formula is C18H16N2O5. The predicted molar refractivity (Wildman–Crippen MR) is 89.2 cm³/mol. The summed E-state index contributed by atoms with van der Waals surface area (Å²) in [5, 5.41) is 10.0. The van der Waals surface area contributed by atoms with Crippen LogP contribution >= 0.6 is 0 Å². The molecule has 1 amide bonds. The topological polar surface area (TPSA) is 92.0 Å². The molecule has 1 atom stereocenters. The largest absolute Gasteiger partial charge is 0.497 e. The molecule has 7 heteroatoms. The summed E-state index contributed by atoms with van der Waals surface area (Å²) in [5.41, 5.74) is 4.57. The number of amides is 1. The average Bonchev–Trinajstić information content (AvgIpc) is 3.29. The SMILES string of the molecule is COc1ccc(C2=C[C@H](c3ccco3)N(C(=O)C=CC(=O)O)N2)cc1. The van der Waals surface area contributed by atoms with E-state index < -0.39 is 17.9 Å². The molecule has 2 heterocycles. The Morgan fingerprint density at radius 2 is 2.00 bits per heavy atom. The molecule has 7 nitrogen and oxygen atoms in total. The van der Waals surface area contributed by atoms with E-state index in [1.165, 1.54) is 11.3 Å². The van der Waals surface area contributed by atoms with Crippen LogP contribution in [0.25, 0.3) is 5.70 Å². The number of carboxylic acid groups (broad SMARTS) is 1. The van der Waals surface area contributed by atoms with Gasteiger partial charge in [-0.15, -0.1) is 0 Å². The van der Waals surface area contributed by atoms with Gasteiger partial charge in [-0.05, 0) is 48.0 Å². The Hall–Kier alpha value is -3.48. The number of hydrogen-bond acceptors (Lipinski definition) is 5. The van der Waals surface area contributed by atoms with Crippen LogP contribution < -0.4 is 10.2 Å². The van der Waals surface area contributed by atoms with Crippen molar-refractivity contribution in [1.82, 2.24) is 10.4 Å². The number of nitrogens with one attached hydrogen (secondary N) is 1. The summed E-state index contributed by atoms with van der Waals surface area (Å²) in [5.74, 6) is -0.399. The third kappa shape index (κ3) is 3.55. The molecule has 1 aliphatic heterocycles. The van der Waals surface area contributed by atoms with Gasteiger partial charge in [-0.3, -0.25) is 10.2 Å². The summed E-state index contributed by atoms with van der Waals surface area (Å²) in [7, 11) is 1.59. The Labute approximate surface area is 143 Å². The fourth-order valence-electron chi connectivity index (χ4n) is 2.48. The van der Waals surface area contributed by atoms with Crippen molar-refractivity contribution in [2.24, 2.45) is 0 Å². The molecule has 2 aromatic rings. The third-order valence-corrected chi connectivity index (χ3v) is 3.69. The minimum absolute atomic E-state index is 0.488. The second kappa shape index (κ2) is 6.96. The number of aliphatic carboxylic acids is 1. The van der Waals surface area contributed by atoms with Crippen molar-refractivity contribution in [3.8, 4) is 5.75 Å². The summed E-state index contributed by atoms with van der Waals surface area (Å²) in [6.45, 7) is 0. The highest BCUT2D eigenvalue weighted by Gasteiger charge is 2.31. The predicted octanol–water partition coefficient (Wildman–Crippen LogP) is 2.36. The van der Waals surface area contributed by atoms with Crippen molar-refractivity contribution < 1.29 is 23.8 Å². The first-order valence-electron chi connectivity index (χ1n) is 7.49. The Bertz CT molecular complexity index is 822. The molecule has 3 rings (SSSR count). The van der Waals surface area contributed by atoms with Crippen LogP contribution in [0.4, 0.5) is 0 Å². The van der Waals surface area contributed by atoms with Gasteiger partial charge in [0.15, 0.2) is 0 Å². The highest BCUT2D eigenvalue weighted by molar-refractivity contribution is 5.95. The van der Waals surface area contributed by atoms with Crippen LogP contribution in [-0.2, 0) is 9.59 Å². The van der Waals surface area contributed by atoms with Crippen LogP contribution in [0.2, 0.25) is 0 Å². The zero-order valence-corrected chi connectivity index (χ0v) is 13.4. The molecule has 0 saturated heterocycles. The molecule has 0 saturated carbocycles. The molecule has 128 valence electrons. The number of rotatable bonds is 5. The highest BCUT2D eigenvalue weighted by atomic mass is 16.5. The lowest BCUT2D eigenvalue weighted by molar-refractivity contribution is -0.133. The van der Waals surface area contributed by atoms with Crippen LogP contribution in [0, 0.1) is 0 Å². The van der Waals surface area contributed by atoms with Crippen LogP contribution in [-0.4, -0.2) is 29.1 Å². The maximum Gasteiger partial charge on any atom is 0.328 e. The van der Waals surface area contributed by atoms with E-state index in [0.29, 0.717) is 11.5 Å². The monoisotopic (exact) mass is 340 g/mol. The first kappa shape index (κ1) is 16.4. The van der Waals surface area contributed by atoms with Crippen molar-refractivity contribution in [2.45, 2.75) is 6.04 Å². The normalized spacial score (nSPS) is 16.6. The number of ether oxygens (including phenoxy) is 1. The maximum absolute atomic E-state index is 12.4. The van der Waals surface area contributed by atoms with Gasteiger partial charge in [0.2, 0.25) is 0 Å². The Morgan fingerprint density at radius 1 is 1.24 bits per heavy atom. The molecular weight excluding hydrogens is 324 g/mol. The van der Waals surface area contributed by atoms with Crippen LogP contribution in [0.15, 0.2) is 65.3 Å². The second-order valence-electron chi connectivity index (χ2n) is 5.26. The van der Waals surface area contributed by atoms with Gasteiger partial charge in [0, 0.05) is 12.2 Å². The Balaban J connectivity index is 1.89. The summed E-state index contributed by atoms with van der Waals surface area (Å²) < 4.78 is 10.5. The number of benzene rings is 1. The minimum Gasteiger partial charge on any atom is -0.497 e. The van der Waals surface area contributed by atoms with Gasteiger partial charge in [-0.1, -0.05) is 0 Å². The van der Waals surface area contributed by atoms with E-state index in [-0.39, 0.29) is 0 Å². The van der Waals surface area contributed by atoms with Crippen LogP contribution in [0.3, 0.4) is 0 Å². The summed E-state index contributed by atoms with van der Waals surface area (Å²) in [4.78, 5) is 23.0. The molecule has 25 heavy (non-hydrogen) atoms. The van der Waals surface area contributed by atoms with Crippen molar-refractivity contribution in [3.63, 3.8) is 0 Å². The van der Waals surface area contributed by atoms with Crippen molar-refractivity contribution >= 4 is 17.6 Å². The zero-order chi connectivity index (χ0) is 17.8. The molecule has 1 aliphatic rings. The lowest BCUT2D eigenvalue weighted by Gasteiger charge is -2.22. The van der Waals surface area contributed by atoms with Crippen molar-refractivity contribution in [3.05, 3.63) is 72.2 Å². The number of carbonyl (C=O) groups excluding carboxylic acids is 1. The van der Waals surface area contributed by atoms with Gasteiger partial charge < -0.3 is 14.3 Å². The van der Waals surface area contributed by atoms with E-state index in [2.05, 4.69) is 5.43 Å². The smallest absolute Gasteiger partial charge is 0.328 e. The van der Waals surface area contributed by atoms with Gasteiger partial charge in [0.1, 0.15) is 17.6 Å². The average molecular weight is 340 g/mol. The lowest BCUT2D eigenvalue weighted by atomic mass is 10.1. The highest BCUT2D eigenvalue weighted by Crippen LogP contribution is 2.32. The fourth-order valence-corrected chi connectivity index (χ4v) is 2.48. The van der Waals surface area contributed by atoms with Gasteiger partial charge in [0.05, 0.1) is 19.1 Å². The summed E-state index contributed by atoms with van der Waals surface area (Å²) in [6.07, 6.45) is 5.15. The lowest BCUT2D eigenvalue weighted by Crippen LogP contribution is -2.38. The second-order valence-corrected chi connectivity index (χ2v) is 5.26. The molecule has 0 bridgehead atoms. The van der Waals surface area contributed by atoms with E-state index in [0.717, 1.165) is 23.5 Å². The van der Waals surface area contributed by atoms with E-state index >= 15 is 0 Å². The van der Waals surface area contributed by atoms with Crippen molar-refractivity contribution in [1.29, 1.82) is 0 Å². The Kier molecular flexibility index (Phi) is 4.56. The quantitative estimate of drug-likeness (QED) is 0.812. The molecule has 0 unspecified atom stereocenters. The minimum atomic E-state index is -1.19. The Morgan fingerprint density at radius 3 is 2.60 bits per heavy atom. The van der Waals surface area contributed by atoms with Crippen LogP contribution in [0.5, 0.6) is 5.75 Å². The van der Waals surface area contributed by atoms with Gasteiger partial charge >= 0.3 is 5.97 Å². The number of methoxy groups -OCH3 is 1. The summed E-state index contributed by atoms with van der Waals surface area (Å²) >= 11 is 0. The van der Waals surface area contributed by atoms with Gasteiger partial charge in [0.25, 0.3) is 5.91 Å². The fraction of sp³-hybridized carbons (Fsp3) is 0.111. The van der Waals surface area contributed by atoms with Gasteiger partial charge in [-0.2, -0.15) is 0 Å². The number of carbonyl (C=O) groups is 2. The van der Waals surface area contributed by atoms with E-state index in [4.69, 9.17) is 14.3 Å².